The fourth-order valence-electron chi connectivity index (χ4n) is 0.911. The summed E-state index contributed by atoms with van der Waals surface area (Å²) in [6, 6.07) is 3.21. The number of rotatable bonds is 5. The SMILES string of the molecule is O=C(O)CC(O)C(Cl)(Cl)S(=O)c1cccs1. The van der Waals surface area contributed by atoms with Gasteiger partial charge >= 0.3 is 5.97 Å². The number of hydrogen-bond donors (Lipinski definition) is 2. The number of aliphatic hydroxyl groups excluding tert-OH is 1. The van der Waals surface area contributed by atoms with Crippen molar-refractivity contribution in [1.29, 1.82) is 0 Å². The normalized spacial score (nSPS) is 15.7. The molecule has 90 valence electrons. The summed E-state index contributed by atoms with van der Waals surface area (Å²) in [4.78, 5) is 10.4. The quantitative estimate of drug-likeness (QED) is 0.814. The first-order valence-corrected chi connectivity index (χ1v) is 6.87. The number of carbonyl (C=O) groups is 1. The first-order chi connectivity index (χ1) is 7.35. The molecule has 2 atom stereocenters. The molecule has 8 heteroatoms. The highest BCUT2D eigenvalue weighted by molar-refractivity contribution is 7.91. The maximum absolute atomic E-state index is 11.9. The van der Waals surface area contributed by atoms with Gasteiger partial charge in [0, 0.05) is 0 Å². The van der Waals surface area contributed by atoms with Crippen LogP contribution >= 0.6 is 34.5 Å². The van der Waals surface area contributed by atoms with E-state index in [9.17, 15) is 14.1 Å². The van der Waals surface area contributed by atoms with E-state index >= 15 is 0 Å². The van der Waals surface area contributed by atoms with Crippen LogP contribution in [0.15, 0.2) is 21.7 Å². The number of halogens is 2. The lowest BCUT2D eigenvalue weighted by atomic mass is 10.3. The Bertz CT molecular complexity index is 391. The van der Waals surface area contributed by atoms with E-state index in [1.165, 1.54) is 11.3 Å². The zero-order valence-electron chi connectivity index (χ0n) is 7.80. The van der Waals surface area contributed by atoms with Crippen molar-refractivity contribution in [3.63, 3.8) is 0 Å². The zero-order valence-corrected chi connectivity index (χ0v) is 10.9. The highest BCUT2D eigenvalue weighted by Gasteiger charge is 2.42. The average molecular weight is 303 g/mol. The van der Waals surface area contributed by atoms with Gasteiger partial charge in [-0.25, -0.2) is 0 Å². The molecule has 1 aromatic heterocycles. The minimum absolute atomic E-state index is 0.384. The summed E-state index contributed by atoms with van der Waals surface area (Å²) >= 11 is 12.6. The highest BCUT2D eigenvalue weighted by Crippen LogP contribution is 2.36. The van der Waals surface area contributed by atoms with E-state index in [4.69, 9.17) is 28.3 Å². The van der Waals surface area contributed by atoms with Gasteiger partial charge in [-0.05, 0) is 11.4 Å². The van der Waals surface area contributed by atoms with Crippen molar-refractivity contribution < 1.29 is 19.2 Å². The molecule has 0 bridgehead atoms. The van der Waals surface area contributed by atoms with Gasteiger partial charge in [0.1, 0.15) is 16.9 Å². The van der Waals surface area contributed by atoms with E-state index < -0.39 is 33.0 Å². The van der Waals surface area contributed by atoms with Gasteiger partial charge in [-0.3, -0.25) is 9.00 Å². The predicted molar refractivity (Wildman–Crippen MR) is 63.4 cm³/mol. The Kier molecular flexibility index (Phi) is 4.75. The van der Waals surface area contributed by atoms with Crippen molar-refractivity contribution in [2.45, 2.75) is 20.4 Å². The second-order valence-corrected chi connectivity index (χ2v) is 7.54. The van der Waals surface area contributed by atoms with Crippen molar-refractivity contribution in [2.75, 3.05) is 0 Å². The Morgan fingerprint density at radius 3 is 2.69 bits per heavy atom. The number of aliphatic carboxylic acids is 1. The van der Waals surface area contributed by atoms with Crippen LogP contribution in [0.1, 0.15) is 6.42 Å². The highest BCUT2D eigenvalue weighted by atomic mass is 35.5. The van der Waals surface area contributed by atoms with Crippen molar-refractivity contribution >= 4 is 51.3 Å². The molecular weight excluding hydrogens is 295 g/mol. The molecule has 4 nitrogen and oxygen atoms in total. The largest absolute Gasteiger partial charge is 0.481 e. The molecule has 0 amide bonds. The van der Waals surface area contributed by atoms with Crippen LogP contribution in [0.2, 0.25) is 0 Å². The van der Waals surface area contributed by atoms with E-state index in [-0.39, 0.29) is 0 Å². The Hall–Kier alpha value is -0.140. The standard InChI is InChI=1S/C8H8Cl2O4S2/c9-8(10,5(11)4-6(12)13)16(14)7-2-1-3-15-7/h1-3,5,11H,4H2,(H,12,13). The van der Waals surface area contributed by atoms with E-state index in [2.05, 4.69) is 0 Å². The molecule has 2 N–H and O–H groups in total. The molecular formula is C8H8Cl2O4S2. The lowest BCUT2D eigenvalue weighted by Gasteiger charge is -2.22. The number of carboxylic acids is 1. The van der Waals surface area contributed by atoms with Crippen LogP contribution in [-0.4, -0.2) is 30.2 Å². The van der Waals surface area contributed by atoms with Gasteiger partial charge in [-0.1, -0.05) is 29.3 Å². The molecule has 0 saturated carbocycles. The lowest BCUT2D eigenvalue weighted by Crippen LogP contribution is -2.37. The molecule has 1 heterocycles. The number of carboxylic acid groups (broad SMARTS) is 1. The second-order valence-electron chi connectivity index (χ2n) is 2.88. The second kappa shape index (κ2) is 5.46. The molecule has 1 rings (SSSR count). The molecule has 16 heavy (non-hydrogen) atoms. The first-order valence-electron chi connectivity index (χ1n) is 4.08. The van der Waals surface area contributed by atoms with Crippen LogP contribution in [0.4, 0.5) is 0 Å². The third-order valence-electron chi connectivity index (χ3n) is 1.68. The van der Waals surface area contributed by atoms with Crippen molar-refractivity contribution in [2.24, 2.45) is 0 Å². The number of thiophene rings is 1. The molecule has 0 aliphatic heterocycles. The van der Waals surface area contributed by atoms with E-state index in [1.807, 2.05) is 0 Å². The summed E-state index contributed by atoms with van der Waals surface area (Å²) < 4.78 is 10.2. The summed E-state index contributed by atoms with van der Waals surface area (Å²) in [7, 11) is -1.87. The monoisotopic (exact) mass is 302 g/mol. The van der Waals surface area contributed by atoms with Gasteiger partial charge in [0.2, 0.25) is 3.67 Å². The Balaban J connectivity index is 2.84. The molecule has 0 radical (unpaired) electrons. The van der Waals surface area contributed by atoms with Gasteiger partial charge in [0.15, 0.2) is 0 Å². The average Bonchev–Trinajstić information content (AvgIpc) is 2.67. The molecule has 1 aromatic rings. The number of hydrogen-bond acceptors (Lipinski definition) is 4. The van der Waals surface area contributed by atoms with Crippen molar-refractivity contribution in [3.05, 3.63) is 17.5 Å². The molecule has 0 aliphatic rings. The Labute approximate surface area is 108 Å². The van der Waals surface area contributed by atoms with E-state index in [1.54, 1.807) is 17.5 Å². The van der Waals surface area contributed by atoms with E-state index in [0.29, 0.717) is 4.21 Å². The van der Waals surface area contributed by atoms with Crippen molar-refractivity contribution in [1.82, 2.24) is 0 Å². The molecule has 0 aromatic carbocycles. The van der Waals surface area contributed by atoms with Gasteiger partial charge in [0.25, 0.3) is 0 Å². The maximum atomic E-state index is 11.9. The van der Waals surface area contributed by atoms with Crippen LogP contribution in [-0.2, 0) is 15.6 Å². The molecule has 0 aliphatic carbocycles. The summed E-state index contributed by atoms with van der Waals surface area (Å²) in [5.41, 5.74) is 0. The van der Waals surface area contributed by atoms with Crippen LogP contribution in [0.5, 0.6) is 0 Å². The van der Waals surface area contributed by atoms with Gasteiger partial charge in [-0.15, -0.1) is 11.3 Å². The Morgan fingerprint density at radius 2 is 2.25 bits per heavy atom. The lowest BCUT2D eigenvalue weighted by molar-refractivity contribution is -0.139. The topological polar surface area (TPSA) is 74.6 Å². The fourth-order valence-corrected chi connectivity index (χ4v) is 4.00. The molecule has 0 fully saturated rings. The third-order valence-corrected chi connectivity index (χ3v) is 5.70. The molecule has 0 spiro atoms. The zero-order chi connectivity index (χ0) is 12.3. The Morgan fingerprint density at radius 1 is 1.62 bits per heavy atom. The minimum atomic E-state index is -2.02. The van der Waals surface area contributed by atoms with Crippen molar-refractivity contribution in [3.8, 4) is 0 Å². The summed E-state index contributed by atoms with van der Waals surface area (Å²) in [5, 5.41) is 19.7. The van der Waals surface area contributed by atoms with Gasteiger partial charge in [0.05, 0.1) is 10.6 Å². The first kappa shape index (κ1) is 13.9. The van der Waals surface area contributed by atoms with Crippen LogP contribution in [0.25, 0.3) is 0 Å². The number of alkyl halides is 2. The number of aliphatic hydroxyl groups is 1. The minimum Gasteiger partial charge on any atom is -0.481 e. The van der Waals surface area contributed by atoms with Crippen LogP contribution in [0, 0.1) is 0 Å². The molecule has 2 unspecified atom stereocenters. The van der Waals surface area contributed by atoms with Gasteiger partial charge < -0.3 is 10.2 Å². The maximum Gasteiger partial charge on any atom is 0.306 e. The summed E-state index contributed by atoms with van der Waals surface area (Å²) in [6.07, 6.45) is -2.26. The fraction of sp³-hybridized carbons (Fsp3) is 0.375. The van der Waals surface area contributed by atoms with Crippen LogP contribution < -0.4 is 0 Å². The summed E-state index contributed by atoms with van der Waals surface area (Å²) in [6.45, 7) is 0. The van der Waals surface area contributed by atoms with E-state index in [0.717, 1.165) is 0 Å². The van der Waals surface area contributed by atoms with Crippen LogP contribution in [0.3, 0.4) is 0 Å². The predicted octanol–water partition coefficient (Wildman–Crippen LogP) is 1.82. The third kappa shape index (κ3) is 3.18. The molecule has 0 saturated heterocycles. The smallest absolute Gasteiger partial charge is 0.306 e. The summed E-state index contributed by atoms with van der Waals surface area (Å²) in [5.74, 6) is -1.26. The van der Waals surface area contributed by atoms with Gasteiger partial charge in [-0.2, -0.15) is 0 Å².